The summed E-state index contributed by atoms with van der Waals surface area (Å²) in [7, 11) is -0.452. The van der Waals surface area contributed by atoms with Gasteiger partial charge in [0.05, 0.1) is 10.9 Å². The minimum atomic E-state index is -3.42. The van der Waals surface area contributed by atoms with Crippen LogP contribution in [0.25, 0.3) is 0 Å². The van der Waals surface area contributed by atoms with E-state index < -0.39 is 10.0 Å². The number of halogens is 1. The third kappa shape index (κ3) is 5.28. The minimum Gasteiger partial charge on any atom is -0.350 e. The molecular formula is C13H22ClN3O3S. The van der Waals surface area contributed by atoms with Crippen LogP contribution in [-0.2, 0) is 14.8 Å². The van der Waals surface area contributed by atoms with Gasteiger partial charge in [0.2, 0.25) is 15.9 Å². The summed E-state index contributed by atoms with van der Waals surface area (Å²) < 4.78 is 25.0. The first-order valence-corrected chi connectivity index (χ1v) is 7.75. The molecule has 8 heteroatoms. The van der Waals surface area contributed by atoms with E-state index >= 15 is 0 Å². The summed E-state index contributed by atoms with van der Waals surface area (Å²) >= 11 is 0. The highest BCUT2D eigenvalue weighted by Crippen LogP contribution is 2.18. The molecule has 3 N–H and O–H groups in total. The molecule has 120 valence electrons. The Morgan fingerprint density at radius 3 is 2.24 bits per heavy atom. The van der Waals surface area contributed by atoms with Crippen LogP contribution in [0.3, 0.4) is 0 Å². The lowest BCUT2D eigenvalue weighted by molar-refractivity contribution is -0.121. The molecular weight excluding hydrogens is 314 g/mol. The molecule has 0 bridgehead atoms. The molecule has 1 rings (SSSR count). The predicted octanol–water partition coefficient (Wildman–Crippen LogP) is 0.885. The average Bonchev–Trinajstić information content (AvgIpc) is 2.38. The number of carbonyl (C=O) groups excluding carboxylic acids is 1. The van der Waals surface area contributed by atoms with Gasteiger partial charge in [0.25, 0.3) is 0 Å². The second-order valence-corrected chi connectivity index (χ2v) is 6.84. The summed E-state index contributed by atoms with van der Waals surface area (Å²) in [6.07, 6.45) is 0.275. The topological polar surface area (TPSA) is 92.5 Å². The first-order chi connectivity index (χ1) is 9.28. The highest BCUT2D eigenvalue weighted by molar-refractivity contribution is 7.89. The molecule has 0 heterocycles. The summed E-state index contributed by atoms with van der Waals surface area (Å²) in [6.45, 7) is 2.14. The SMILES string of the molecule is CC(NC(=O)CCN)c1ccc(S(=O)(=O)N(C)C)cc1.Cl. The number of amides is 1. The van der Waals surface area contributed by atoms with Gasteiger partial charge >= 0.3 is 0 Å². The molecule has 1 amide bonds. The van der Waals surface area contributed by atoms with Crippen molar-refractivity contribution in [2.75, 3.05) is 20.6 Å². The highest BCUT2D eigenvalue weighted by Gasteiger charge is 2.17. The van der Waals surface area contributed by atoms with Crippen LogP contribution >= 0.6 is 12.4 Å². The summed E-state index contributed by atoms with van der Waals surface area (Å²) in [6, 6.07) is 6.28. The number of nitrogens with one attached hydrogen (secondary N) is 1. The van der Waals surface area contributed by atoms with Crippen molar-refractivity contribution in [3.63, 3.8) is 0 Å². The molecule has 0 aliphatic heterocycles. The van der Waals surface area contributed by atoms with Gasteiger partial charge in [0.1, 0.15) is 0 Å². The van der Waals surface area contributed by atoms with E-state index in [2.05, 4.69) is 5.32 Å². The molecule has 1 aromatic carbocycles. The van der Waals surface area contributed by atoms with Crippen molar-refractivity contribution in [2.24, 2.45) is 5.73 Å². The second-order valence-electron chi connectivity index (χ2n) is 4.68. The average molecular weight is 336 g/mol. The fraction of sp³-hybridized carbons (Fsp3) is 0.462. The Kier molecular flexibility index (Phi) is 7.87. The summed E-state index contributed by atoms with van der Waals surface area (Å²) in [5.41, 5.74) is 6.15. The largest absolute Gasteiger partial charge is 0.350 e. The second kappa shape index (κ2) is 8.33. The lowest BCUT2D eigenvalue weighted by atomic mass is 10.1. The third-order valence-corrected chi connectivity index (χ3v) is 4.74. The van der Waals surface area contributed by atoms with E-state index in [4.69, 9.17) is 5.73 Å². The van der Waals surface area contributed by atoms with E-state index in [-0.39, 0.29) is 35.7 Å². The first kappa shape index (κ1) is 19.9. The lowest BCUT2D eigenvalue weighted by Gasteiger charge is -2.16. The van der Waals surface area contributed by atoms with Crippen molar-refractivity contribution in [3.8, 4) is 0 Å². The molecule has 0 aliphatic carbocycles. The summed E-state index contributed by atoms with van der Waals surface area (Å²) in [5.74, 6) is -0.120. The number of carbonyl (C=O) groups is 1. The van der Waals surface area contributed by atoms with Crippen molar-refractivity contribution < 1.29 is 13.2 Å². The molecule has 0 fully saturated rings. The minimum absolute atomic E-state index is 0. The van der Waals surface area contributed by atoms with Gasteiger partial charge in [-0.3, -0.25) is 4.79 Å². The van der Waals surface area contributed by atoms with Gasteiger partial charge in [0, 0.05) is 27.1 Å². The Morgan fingerprint density at radius 2 is 1.81 bits per heavy atom. The van der Waals surface area contributed by atoms with Crippen LogP contribution in [-0.4, -0.2) is 39.3 Å². The zero-order valence-electron chi connectivity index (χ0n) is 12.4. The van der Waals surface area contributed by atoms with Gasteiger partial charge in [-0.15, -0.1) is 12.4 Å². The van der Waals surface area contributed by atoms with Crippen molar-refractivity contribution in [3.05, 3.63) is 29.8 Å². The molecule has 21 heavy (non-hydrogen) atoms. The number of benzene rings is 1. The van der Waals surface area contributed by atoms with Gasteiger partial charge in [-0.05, 0) is 24.6 Å². The van der Waals surface area contributed by atoms with Crippen LogP contribution in [0.15, 0.2) is 29.2 Å². The number of hydrogen-bond donors (Lipinski definition) is 2. The molecule has 0 aliphatic rings. The van der Waals surface area contributed by atoms with E-state index in [9.17, 15) is 13.2 Å². The van der Waals surface area contributed by atoms with Crippen LogP contribution in [0.2, 0.25) is 0 Å². The Morgan fingerprint density at radius 1 is 1.29 bits per heavy atom. The number of sulfonamides is 1. The molecule has 0 aromatic heterocycles. The van der Waals surface area contributed by atoms with Crippen molar-refractivity contribution in [1.82, 2.24) is 9.62 Å². The normalized spacial score (nSPS) is 12.6. The zero-order chi connectivity index (χ0) is 15.3. The van der Waals surface area contributed by atoms with Gasteiger partial charge in [-0.2, -0.15) is 0 Å². The molecule has 0 saturated heterocycles. The number of hydrogen-bond acceptors (Lipinski definition) is 4. The Bertz CT molecular complexity index is 559. The first-order valence-electron chi connectivity index (χ1n) is 6.31. The summed E-state index contributed by atoms with van der Waals surface area (Å²) in [5, 5.41) is 2.80. The van der Waals surface area contributed by atoms with Crippen LogP contribution in [0.4, 0.5) is 0 Å². The van der Waals surface area contributed by atoms with Gasteiger partial charge in [-0.1, -0.05) is 12.1 Å². The molecule has 1 atom stereocenters. The van der Waals surface area contributed by atoms with E-state index in [0.29, 0.717) is 6.54 Å². The van der Waals surface area contributed by atoms with Crippen LogP contribution in [0.1, 0.15) is 24.9 Å². The smallest absolute Gasteiger partial charge is 0.242 e. The molecule has 0 saturated carbocycles. The maximum Gasteiger partial charge on any atom is 0.242 e. The molecule has 1 unspecified atom stereocenters. The van der Waals surface area contributed by atoms with Gasteiger partial charge in [0.15, 0.2) is 0 Å². The van der Waals surface area contributed by atoms with Crippen LogP contribution in [0.5, 0.6) is 0 Å². The maximum atomic E-state index is 11.9. The van der Waals surface area contributed by atoms with E-state index in [1.165, 1.54) is 26.2 Å². The number of nitrogens with zero attached hydrogens (tertiary/aromatic N) is 1. The van der Waals surface area contributed by atoms with E-state index in [0.717, 1.165) is 9.87 Å². The van der Waals surface area contributed by atoms with Gasteiger partial charge < -0.3 is 11.1 Å². The van der Waals surface area contributed by atoms with Crippen LogP contribution in [0, 0.1) is 0 Å². The molecule has 0 spiro atoms. The Balaban J connectivity index is 0.00000400. The Hall–Kier alpha value is -1.15. The summed E-state index contributed by atoms with van der Waals surface area (Å²) in [4.78, 5) is 11.7. The highest BCUT2D eigenvalue weighted by atomic mass is 35.5. The maximum absolute atomic E-state index is 11.9. The standard InChI is InChI=1S/C13H21N3O3S.ClH/c1-10(15-13(17)8-9-14)11-4-6-12(7-5-11)20(18,19)16(2)3;/h4-7,10H,8-9,14H2,1-3H3,(H,15,17);1H. The fourth-order valence-corrected chi connectivity index (χ4v) is 2.57. The van der Waals surface area contributed by atoms with E-state index in [1.807, 2.05) is 6.92 Å². The molecule has 1 aromatic rings. The fourth-order valence-electron chi connectivity index (χ4n) is 1.67. The van der Waals surface area contributed by atoms with Crippen molar-refractivity contribution in [1.29, 1.82) is 0 Å². The quantitative estimate of drug-likeness (QED) is 0.807. The lowest BCUT2D eigenvalue weighted by Crippen LogP contribution is -2.28. The molecule has 0 radical (unpaired) electrons. The molecule has 6 nitrogen and oxygen atoms in total. The predicted molar refractivity (Wildman–Crippen MR) is 84.8 cm³/mol. The van der Waals surface area contributed by atoms with Gasteiger partial charge in [-0.25, -0.2) is 12.7 Å². The van der Waals surface area contributed by atoms with E-state index in [1.54, 1.807) is 12.1 Å². The third-order valence-electron chi connectivity index (χ3n) is 2.91. The monoisotopic (exact) mass is 335 g/mol. The van der Waals surface area contributed by atoms with Crippen molar-refractivity contribution >= 4 is 28.3 Å². The number of rotatable bonds is 6. The zero-order valence-corrected chi connectivity index (χ0v) is 14.0. The van der Waals surface area contributed by atoms with Crippen molar-refractivity contribution in [2.45, 2.75) is 24.3 Å². The Labute approximate surface area is 132 Å². The number of nitrogens with two attached hydrogens (primary N) is 1. The van der Waals surface area contributed by atoms with Crippen LogP contribution < -0.4 is 11.1 Å².